The third-order valence-corrected chi connectivity index (χ3v) is 4.54. The van der Waals surface area contributed by atoms with Crippen molar-refractivity contribution in [3.63, 3.8) is 0 Å². The maximum Gasteiger partial charge on any atom is 0.278 e. The van der Waals surface area contributed by atoms with E-state index in [1.807, 2.05) is 25.1 Å². The van der Waals surface area contributed by atoms with Crippen molar-refractivity contribution in [1.29, 1.82) is 0 Å². The van der Waals surface area contributed by atoms with Crippen molar-refractivity contribution < 1.29 is 9.90 Å². The summed E-state index contributed by atoms with van der Waals surface area (Å²) in [6, 6.07) is 15.2. The van der Waals surface area contributed by atoms with Gasteiger partial charge in [0.1, 0.15) is 0 Å². The Morgan fingerprint density at radius 3 is 2.41 bits per heavy atom. The Labute approximate surface area is 158 Å². The molecule has 2 N–H and O–H groups in total. The molecule has 0 spiro atoms. The fourth-order valence-electron chi connectivity index (χ4n) is 2.85. The average molecular weight is 364 g/mol. The van der Waals surface area contributed by atoms with Crippen LogP contribution in [-0.2, 0) is 0 Å². The van der Waals surface area contributed by atoms with Gasteiger partial charge in [0.2, 0.25) is 0 Å². The molecule has 0 bridgehead atoms. The lowest BCUT2D eigenvalue weighted by Crippen LogP contribution is -2.14. The molecular weight excluding hydrogens is 340 g/mol. The van der Waals surface area contributed by atoms with Crippen LogP contribution in [0.25, 0.3) is 5.69 Å². The predicted molar refractivity (Wildman–Crippen MR) is 105 cm³/mol. The van der Waals surface area contributed by atoms with E-state index in [0.29, 0.717) is 17.3 Å². The van der Waals surface area contributed by atoms with Crippen LogP contribution in [0.15, 0.2) is 48.5 Å². The molecule has 0 fully saturated rings. The number of aliphatic hydroxyl groups excluding tert-OH is 1. The molecule has 0 radical (unpaired) electrons. The van der Waals surface area contributed by atoms with Gasteiger partial charge in [-0.2, -0.15) is 0 Å². The summed E-state index contributed by atoms with van der Waals surface area (Å²) in [6.07, 6.45) is -0.599. The third kappa shape index (κ3) is 4.06. The highest BCUT2D eigenvalue weighted by atomic mass is 16.3. The van der Waals surface area contributed by atoms with Gasteiger partial charge in [-0.15, -0.1) is 5.10 Å². The molecular formula is C21H24N4O2. The van der Waals surface area contributed by atoms with Gasteiger partial charge in [-0.3, -0.25) is 4.79 Å². The van der Waals surface area contributed by atoms with Crippen LogP contribution in [0.4, 0.5) is 5.69 Å². The monoisotopic (exact) mass is 364 g/mol. The van der Waals surface area contributed by atoms with Gasteiger partial charge in [0.15, 0.2) is 5.69 Å². The van der Waals surface area contributed by atoms with Crippen LogP contribution < -0.4 is 5.32 Å². The minimum Gasteiger partial charge on any atom is -0.389 e. The van der Waals surface area contributed by atoms with Crippen molar-refractivity contribution in [2.24, 2.45) is 0 Å². The highest BCUT2D eigenvalue weighted by Gasteiger charge is 2.18. The Morgan fingerprint density at radius 2 is 1.78 bits per heavy atom. The highest BCUT2D eigenvalue weighted by molar-refractivity contribution is 6.03. The molecule has 0 saturated heterocycles. The maximum atomic E-state index is 12.6. The topological polar surface area (TPSA) is 80.0 Å². The quantitative estimate of drug-likeness (QED) is 0.717. The number of nitrogens with zero attached hydrogens (tertiary/aromatic N) is 3. The molecule has 3 rings (SSSR count). The van der Waals surface area contributed by atoms with Gasteiger partial charge in [-0.1, -0.05) is 43.3 Å². The first kappa shape index (κ1) is 18.8. The Bertz CT molecular complexity index is 943. The lowest BCUT2D eigenvalue weighted by Gasteiger charge is -2.09. The molecule has 1 heterocycles. The van der Waals surface area contributed by atoms with E-state index < -0.39 is 6.10 Å². The molecule has 2 aromatic carbocycles. The van der Waals surface area contributed by atoms with Gasteiger partial charge in [-0.05, 0) is 55.2 Å². The molecule has 6 heteroatoms. The minimum absolute atomic E-state index is 0.269. The van der Waals surface area contributed by atoms with Crippen LogP contribution in [0, 0.1) is 6.92 Å². The number of hydrogen-bond acceptors (Lipinski definition) is 4. The minimum atomic E-state index is -0.599. The van der Waals surface area contributed by atoms with Crippen LogP contribution in [0.5, 0.6) is 0 Å². The van der Waals surface area contributed by atoms with Crippen molar-refractivity contribution >= 4 is 11.6 Å². The smallest absolute Gasteiger partial charge is 0.278 e. The number of amides is 1. The van der Waals surface area contributed by atoms with Crippen LogP contribution >= 0.6 is 0 Å². The number of aliphatic hydroxyl groups is 1. The molecule has 1 amide bonds. The summed E-state index contributed by atoms with van der Waals surface area (Å²) in [4.78, 5) is 12.6. The standard InChI is InChI=1S/C21H24N4O2/c1-13(2)16-8-10-19(11-9-16)25-14(3)20(23-24-25)21(27)22-18-7-5-6-17(12-18)15(4)26/h5-13,15,26H,1-4H3,(H,22,27)/t15-/m1/s1. The molecule has 0 aliphatic heterocycles. The van der Waals surface area contributed by atoms with E-state index in [1.54, 1.807) is 29.8 Å². The normalized spacial score (nSPS) is 12.2. The summed E-state index contributed by atoms with van der Waals surface area (Å²) in [5.74, 6) is 0.120. The van der Waals surface area contributed by atoms with Gasteiger partial charge in [0.05, 0.1) is 17.5 Å². The molecule has 27 heavy (non-hydrogen) atoms. The lowest BCUT2D eigenvalue weighted by molar-refractivity contribution is 0.102. The Morgan fingerprint density at radius 1 is 1.07 bits per heavy atom. The van der Waals surface area contributed by atoms with Gasteiger partial charge in [-0.25, -0.2) is 4.68 Å². The lowest BCUT2D eigenvalue weighted by atomic mass is 10.0. The van der Waals surface area contributed by atoms with Crippen molar-refractivity contribution in [1.82, 2.24) is 15.0 Å². The zero-order chi connectivity index (χ0) is 19.6. The second-order valence-electron chi connectivity index (χ2n) is 6.94. The molecule has 0 saturated carbocycles. The van der Waals surface area contributed by atoms with E-state index >= 15 is 0 Å². The number of benzene rings is 2. The first-order valence-electron chi connectivity index (χ1n) is 8.99. The van der Waals surface area contributed by atoms with E-state index in [4.69, 9.17) is 0 Å². The van der Waals surface area contributed by atoms with Gasteiger partial charge in [0, 0.05) is 5.69 Å². The molecule has 140 valence electrons. The SMILES string of the molecule is Cc1c(C(=O)Nc2cccc([C@@H](C)O)c2)nnn1-c1ccc(C(C)C)cc1. The van der Waals surface area contributed by atoms with Gasteiger partial charge >= 0.3 is 0 Å². The van der Waals surface area contributed by atoms with Gasteiger partial charge < -0.3 is 10.4 Å². The summed E-state index contributed by atoms with van der Waals surface area (Å²) in [6.45, 7) is 7.79. The molecule has 0 unspecified atom stereocenters. The van der Waals surface area contributed by atoms with E-state index in [-0.39, 0.29) is 11.6 Å². The summed E-state index contributed by atoms with van der Waals surface area (Å²) in [5, 5.41) is 20.7. The second kappa shape index (κ2) is 7.72. The first-order valence-corrected chi connectivity index (χ1v) is 8.99. The van der Waals surface area contributed by atoms with Crippen LogP contribution in [-0.4, -0.2) is 26.0 Å². The number of carbonyl (C=O) groups is 1. The number of nitrogens with one attached hydrogen (secondary N) is 1. The van der Waals surface area contributed by atoms with E-state index in [2.05, 4.69) is 41.6 Å². The summed E-state index contributed by atoms with van der Waals surface area (Å²) in [5.41, 5.74) is 4.38. The molecule has 1 atom stereocenters. The summed E-state index contributed by atoms with van der Waals surface area (Å²) in [7, 11) is 0. The summed E-state index contributed by atoms with van der Waals surface area (Å²) < 4.78 is 1.66. The van der Waals surface area contributed by atoms with Crippen LogP contribution in [0.1, 0.15) is 60.1 Å². The number of rotatable bonds is 5. The molecule has 6 nitrogen and oxygen atoms in total. The van der Waals surface area contributed by atoms with Gasteiger partial charge in [0.25, 0.3) is 5.91 Å². The van der Waals surface area contributed by atoms with Crippen LogP contribution in [0.3, 0.4) is 0 Å². The van der Waals surface area contributed by atoms with E-state index in [1.165, 1.54) is 5.56 Å². The van der Waals surface area contributed by atoms with Crippen LogP contribution in [0.2, 0.25) is 0 Å². The van der Waals surface area contributed by atoms with E-state index in [0.717, 1.165) is 11.3 Å². The average Bonchev–Trinajstić information content (AvgIpc) is 3.03. The number of aromatic nitrogens is 3. The van der Waals surface area contributed by atoms with Crippen molar-refractivity contribution in [3.8, 4) is 5.69 Å². The van der Waals surface area contributed by atoms with E-state index in [9.17, 15) is 9.90 Å². The Hall–Kier alpha value is -2.99. The first-order chi connectivity index (χ1) is 12.9. The number of carbonyl (C=O) groups excluding carboxylic acids is 1. The largest absolute Gasteiger partial charge is 0.389 e. The van der Waals surface area contributed by atoms with Crippen molar-refractivity contribution in [2.45, 2.75) is 39.7 Å². The number of anilines is 1. The molecule has 3 aromatic rings. The summed E-state index contributed by atoms with van der Waals surface area (Å²) >= 11 is 0. The molecule has 1 aromatic heterocycles. The number of hydrogen-bond donors (Lipinski definition) is 2. The fraction of sp³-hybridized carbons (Fsp3) is 0.286. The maximum absolute atomic E-state index is 12.6. The van der Waals surface area contributed by atoms with Crippen molar-refractivity contribution in [3.05, 3.63) is 71.0 Å². The second-order valence-corrected chi connectivity index (χ2v) is 6.94. The third-order valence-electron chi connectivity index (χ3n) is 4.54. The Balaban J connectivity index is 1.82. The fourth-order valence-corrected chi connectivity index (χ4v) is 2.85. The van der Waals surface area contributed by atoms with Crippen molar-refractivity contribution in [2.75, 3.05) is 5.32 Å². The highest BCUT2D eigenvalue weighted by Crippen LogP contribution is 2.20. The molecule has 0 aliphatic rings. The zero-order valence-corrected chi connectivity index (χ0v) is 16.0. The molecule has 0 aliphatic carbocycles. The predicted octanol–water partition coefficient (Wildman–Crippen LogP) is 4.00. The Kier molecular flexibility index (Phi) is 5.37. The zero-order valence-electron chi connectivity index (χ0n) is 16.0.